The van der Waals surface area contributed by atoms with Crippen molar-refractivity contribution in [3.05, 3.63) is 11.6 Å². The molecule has 0 bridgehead atoms. The molecule has 4 aliphatic carbocycles. The molecule has 4 rings (SSSR count). The van der Waals surface area contributed by atoms with Crippen LogP contribution < -0.4 is 0 Å². The van der Waals surface area contributed by atoms with Gasteiger partial charge in [0, 0.05) is 5.92 Å². The molecule has 3 unspecified atom stereocenters. The molecule has 0 aromatic heterocycles. The highest BCUT2D eigenvalue weighted by molar-refractivity contribution is 5.78. The zero-order valence-corrected chi connectivity index (χ0v) is 21.1. The Bertz CT molecular complexity index is 708. The molecule has 31 heavy (non-hydrogen) atoms. The van der Waals surface area contributed by atoms with Crippen LogP contribution in [-0.2, 0) is 4.79 Å². The van der Waals surface area contributed by atoms with Crippen molar-refractivity contribution in [1.82, 2.24) is 0 Å². The molecule has 0 aromatic rings. The minimum atomic E-state index is -0.105. The second kappa shape index (κ2) is 8.62. The highest BCUT2D eigenvalue weighted by Gasteiger charge is 2.59. The zero-order valence-electron chi connectivity index (χ0n) is 21.1. The van der Waals surface area contributed by atoms with Gasteiger partial charge in [-0.25, -0.2) is 0 Å². The largest absolute Gasteiger partial charge is 0.393 e. The molecular weight excluding hydrogens is 380 g/mol. The minimum Gasteiger partial charge on any atom is -0.393 e. The highest BCUT2D eigenvalue weighted by Crippen LogP contribution is 2.67. The fourth-order valence-electron chi connectivity index (χ4n) is 9.27. The van der Waals surface area contributed by atoms with E-state index in [4.69, 9.17) is 0 Å². The van der Waals surface area contributed by atoms with Crippen LogP contribution in [0.5, 0.6) is 0 Å². The van der Waals surface area contributed by atoms with Crippen LogP contribution in [-0.4, -0.2) is 17.0 Å². The molecule has 3 fully saturated rings. The van der Waals surface area contributed by atoms with Crippen LogP contribution in [0.2, 0.25) is 0 Å². The third-order valence-corrected chi connectivity index (χ3v) is 11.1. The standard InChI is InChI=1S/C29H48O2/c1-18(2)23(20(4)30)9-7-19(3)25-11-12-26-24-10-8-21-17-22(31)13-15-28(21,5)27(24)14-16-29(25,26)6/h8,18-19,22-27,31H,7,9-17H2,1-6H3/t19-,22+,23+,24?,25-,26?,27?,28+,29-/m1/s1. The summed E-state index contributed by atoms with van der Waals surface area (Å²) in [5.74, 6) is 5.18. The average molecular weight is 429 g/mol. The Morgan fingerprint density at radius 1 is 1.06 bits per heavy atom. The number of rotatable bonds is 6. The molecule has 1 N–H and O–H groups in total. The van der Waals surface area contributed by atoms with E-state index in [0.717, 1.165) is 48.9 Å². The maximum Gasteiger partial charge on any atom is 0.133 e. The highest BCUT2D eigenvalue weighted by atomic mass is 16.3. The van der Waals surface area contributed by atoms with Gasteiger partial charge in [-0.3, -0.25) is 4.79 Å². The first-order valence-electron chi connectivity index (χ1n) is 13.5. The topological polar surface area (TPSA) is 37.3 Å². The number of fused-ring (bicyclic) bond motifs is 5. The molecule has 0 amide bonds. The van der Waals surface area contributed by atoms with Crippen molar-refractivity contribution in [3.8, 4) is 0 Å². The minimum absolute atomic E-state index is 0.105. The predicted molar refractivity (Wildman–Crippen MR) is 129 cm³/mol. The summed E-state index contributed by atoms with van der Waals surface area (Å²) < 4.78 is 0. The van der Waals surface area contributed by atoms with Crippen LogP contribution in [0, 0.1) is 52.3 Å². The molecule has 0 radical (unpaired) electrons. The van der Waals surface area contributed by atoms with E-state index in [0.29, 0.717) is 22.5 Å². The summed E-state index contributed by atoms with van der Waals surface area (Å²) >= 11 is 0. The SMILES string of the molecule is CC(=O)[C@@H](CC[C@@H](C)[C@H]1CCC2C3CC=C4C[C@@H](O)CC[C@]4(C)C3CC[C@@]21C)C(C)C. The number of carbonyl (C=O) groups is 1. The van der Waals surface area contributed by atoms with Gasteiger partial charge in [0.05, 0.1) is 6.10 Å². The Hall–Kier alpha value is -0.630. The Labute approximate surface area is 191 Å². The van der Waals surface area contributed by atoms with Gasteiger partial charge >= 0.3 is 0 Å². The summed E-state index contributed by atoms with van der Waals surface area (Å²) in [5.41, 5.74) is 2.42. The van der Waals surface area contributed by atoms with Gasteiger partial charge in [-0.1, -0.05) is 46.3 Å². The van der Waals surface area contributed by atoms with E-state index >= 15 is 0 Å². The van der Waals surface area contributed by atoms with E-state index < -0.39 is 0 Å². The summed E-state index contributed by atoms with van der Waals surface area (Å²) in [7, 11) is 0. The molecule has 0 spiro atoms. The van der Waals surface area contributed by atoms with Gasteiger partial charge in [-0.05, 0) is 117 Å². The fourth-order valence-corrected chi connectivity index (χ4v) is 9.27. The predicted octanol–water partition coefficient (Wildman–Crippen LogP) is 7.20. The summed E-state index contributed by atoms with van der Waals surface area (Å²) in [5, 5.41) is 10.2. The van der Waals surface area contributed by atoms with Gasteiger partial charge in [0.25, 0.3) is 0 Å². The van der Waals surface area contributed by atoms with Gasteiger partial charge in [0.2, 0.25) is 0 Å². The van der Waals surface area contributed by atoms with Crippen molar-refractivity contribution >= 4 is 5.78 Å². The first-order chi connectivity index (χ1) is 14.6. The normalized spacial score (nSPS) is 44.1. The van der Waals surface area contributed by atoms with E-state index in [1.807, 2.05) is 0 Å². The maximum atomic E-state index is 12.1. The van der Waals surface area contributed by atoms with E-state index in [1.165, 1.54) is 44.9 Å². The number of ketones is 1. The van der Waals surface area contributed by atoms with E-state index in [1.54, 1.807) is 12.5 Å². The number of hydrogen-bond acceptors (Lipinski definition) is 2. The zero-order chi connectivity index (χ0) is 22.6. The van der Waals surface area contributed by atoms with Crippen molar-refractivity contribution < 1.29 is 9.90 Å². The number of aliphatic hydroxyl groups is 1. The molecule has 0 aromatic carbocycles. The van der Waals surface area contributed by atoms with Crippen molar-refractivity contribution in [3.63, 3.8) is 0 Å². The van der Waals surface area contributed by atoms with Crippen LogP contribution in [0.4, 0.5) is 0 Å². The summed E-state index contributed by atoms with van der Waals surface area (Å²) in [6.07, 6.45) is 14.7. The van der Waals surface area contributed by atoms with Crippen LogP contribution >= 0.6 is 0 Å². The Kier molecular flexibility index (Phi) is 6.54. The number of aliphatic hydroxyl groups excluding tert-OH is 1. The molecule has 0 heterocycles. The van der Waals surface area contributed by atoms with Gasteiger partial charge in [-0.15, -0.1) is 0 Å². The quantitative estimate of drug-likeness (QED) is 0.454. The molecule has 2 heteroatoms. The van der Waals surface area contributed by atoms with Crippen LogP contribution in [0.25, 0.3) is 0 Å². The smallest absolute Gasteiger partial charge is 0.133 e. The van der Waals surface area contributed by atoms with Gasteiger partial charge in [-0.2, -0.15) is 0 Å². The molecule has 4 aliphatic rings. The van der Waals surface area contributed by atoms with Gasteiger partial charge < -0.3 is 5.11 Å². The number of carbonyl (C=O) groups excluding carboxylic acids is 1. The Morgan fingerprint density at radius 3 is 2.48 bits per heavy atom. The van der Waals surface area contributed by atoms with Crippen molar-refractivity contribution in [2.24, 2.45) is 52.3 Å². The molecule has 0 aliphatic heterocycles. The van der Waals surface area contributed by atoms with E-state index in [2.05, 4.69) is 40.7 Å². The van der Waals surface area contributed by atoms with Crippen LogP contribution in [0.3, 0.4) is 0 Å². The Morgan fingerprint density at radius 2 is 1.81 bits per heavy atom. The van der Waals surface area contributed by atoms with Crippen molar-refractivity contribution in [2.45, 2.75) is 112 Å². The summed E-state index contributed by atoms with van der Waals surface area (Å²) in [4.78, 5) is 12.1. The monoisotopic (exact) mass is 428 g/mol. The lowest BCUT2D eigenvalue weighted by Gasteiger charge is -2.58. The molecule has 3 saturated carbocycles. The molecule has 9 atom stereocenters. The second-order valence-electron chi connectivity index (χ2n) is 12.9. The van der Waals surface area contributed by atoms with Crippen LogP contribution in [0.15, 0.2) is 11.6 Å². The fraction of sp³-hybridized carbons (Fsp3) is 0.897. The van der Waals surface area contributed by atoms with Gasteiger partial charge in [0.15, 0.2) is 0 Å². The van der Waals surface area contributed by atoms with Crippen molar-refractivity contribution in [1.29, 1.82) is 0 Å². The third kappa shape index (κ3) is 3.98. The van der Waals surface area contributed by atoms with Gasteiger partial charge in [0.1, 0.15) is 5.78 Å². The summed E-state index contributed by atoms with van der Waals surface area (Å²) in [6.45, 7) is 13.9. The molecule has 176 valence electrons. The van der Waals surface area contributed by atoms with Crippen molar-refractivity contribution in [2.75, 3.05) is 0 Å². The lowest BCUT2D eigenvalue weighted by molar-refractivity contribution is -0.122. The second-order valence-corrected chi connectivity index (χ2v) is 12.9. The number of allylic oxidation sites excluding steroid dienone is 1. The number of Topliss-reactive ketones (excluding diaryl/α,β-unsaturated/α-hetero) is 1. The molecular formula is C29H48O2. The molecule has 0 saturated heterocycles. The van der Waals surface area contributed by atoms with Crippen LogP contribution in [0.1, 0.15) is 106 Å². The average Bonchev–Trinajstić information content (AvgIpc) is 3.05. The lowest BCUT2D eigenvalue weighted by atomic mass is 9.47. The van der Waals surface area contributed by atoms with E-state index in [-0.39, 0.29) is 12.0 Å². The van der Waals surface area contributed by atoms with E-state index in [9.17, 15) is 9.90 Å². The molecule has 2 nitrogen and oxygen atoms in total. The maximum absolute atomic E-state index is 12.1. The Balaban J connectivity index is 1.47. The first kappa shape index (κ1) is 23.5. The lowest BCUT2D eigenvalue weighted by Crippen LogP contribution is -2.50. The third-order valence-electron chi connectivity index (χ3n) is 11.1. The number of hydrogen-bond donors (Lipinski definition) is 1. The first-order valence-corrected chi connectivity index (χ1v) is 13.5. The summed E-state index contributed by atoms with van der Waals surface area (Å²) in [6, 6.07) is 0.